The lowest BCUT2D eigenvalue weighted by Gasteiger charge is -2.17. The Hall–Kier alpha value is -2.38. The molecule has 1 fully saturated rings. The van der Waals surface area contributed by atoms with E-state index in [1.165, 1.54) is 4.31 Å². The number of nitrogens with zero attached hydrogens (tertiary/aromatic N) is 1. The molecule has 0 atom stereocenters. The standard InChI is InChI=1S/C19H22N2O4S/c1-25-14-17-6-3-2-5-16(17)13-20-19(22)15-7-9-18(10-8-15)21-11-4-12-26(21,23)24/h2-3,5-10H,4,11-14H2,1H3,(H,20,22). The predicted molar refractivity (Wildman–Crippen MR) is 101 cm³/mol. The van der Waals surface area contributed by atoms with Crippen molar-refractivity contribution in [1.29, 1.82) is 0 Å². The molecule has 1 aliphatic heterocycles. The maximum atomic E-state index is 12.4. The third-order valence-electron chi connectivity index (χ3n) is 4.37. The molecule has 0 aromatic heterocycles. The van der Waals surface area contributed by atoms with Crippen molar-refractivity contribution in [3.63, 3.8) is 0 Å². The van der Waals surface area contributed by atoms with Gasteiger partial charge < -0.3 is 10.1 Å². The van der Waals surface area contributed by atoms with Crippen molar-refractivity contribution >= 4 is 21.6 Å². The van der Waals surface area contributed by atoms with Crippen LogP contribution in [-0.2, 0) is 27.9 Å². The van der Waals surface area contributed by atoms with E-state index in [0.717, 1.165) is 11.1 Å². The average molecular weight is 374 g/mol. The van der Waals surface area contributed by atoms with Crippen LogP contribution in [0.2, 0.25) is 0 Å². The summed E-state index contributed by atoms with van der Waals surface area (Å²) in [5.41, 5.74) is 3.13. The van der Waals surface area contributed by atoms with E-state index in [1.54, 1.807) is 31.4 Å². The quantitative estimate of drug-likeness (QED) is 0.842. The Balaban J connectivity index is 1.66. The lowest BCUT2D eigenvalue weighted by Crippen LogP contribution is -2.26. The smallest absolute Gasteiger partial charge is 0.251 e. The summed E-state index contributed by atoms with van der Waals surface area (Å²) in [5.74, 6) is -0.0242. The molecule has 6 nitrogen and oxygen atoms in total. The third-order valence-corrected chi connectivity index (χ3v) is 6.24. The normalized spacial score (nSPS) is 15.8. The molecule has 2 aromatic rings. The molecule has 1 saturated heterocycles. The van der Waals surface area contributed by atoms with Gasteiger partial charge in [-0.15, -0.1) is 0 Å². The SMILES string of the molecule is COCc1ccccc1CNC(=O)c1ccc(N2CCCS2(=O)=O)cc1. The van der Waals surface area contributed by atoms with Crippen LogP contribution in [0.15, 0.2) is 48.5 Å². The van der Waals surface area contributed by atoms with Gasteiger partial charge in [0.05, 0.1) is 18.0 Å². The summed E-state index contributed by atoms with van der Waals surface area (Å²) in [6.45, 7) is 1.38. The van der Waals surface area contributed by atoms with Crippen molar-refractivity contribution in [1.82, 2.24) is 5.32 Å². The van der Waals surface area contributed by atoms with Crippen LogP contribution in [0.25, 0.3) is 0 Å². The van der Waals surface area contributed by atoms with Gasteiger partial charge in [-0.25, -0.2) is 8.42 Å². The second-order valence-corrected chi connectivity index (χ2v) is 8.19. The number of carbonyl (C=O) groups is 1. The van der Waals surface area contributed by atoms with Crippen LogP contribution >= 0.6 is 0 Å². The van der Waals surface area contributed by atoms with Crippen molar-refractivity contribution in [2.45, 2.75) is 19.6 Å². The number of sulfonamides is 1. The molecule has 0 bridgehead atoms. The fourth-order valence-electron chi connectivity index (χ4n) is 3.01. The molecule has 138 valence electrons. The first-order valence-corrected chi connectivity index (χ1v) is 10.1. The molecule has 1 N–H and O–H groups in total. The summed E-state index contributed by atoms with van der Waals surface area (Å²) in [6.07, 6.45) is 0.630. The van der Waals surface area contributed by atoms with Gasteiger partial charge in [-0.1, -0.05) is 24.3 Å². The number of hydrogen-bond acceptors (Lipinski definition) is 4. The van der Waals surface area contributed by atoms with Crippen LogP contribution in [0.3, 0.4) is 0 Å². The lowest BCUT2D eigenvalue weighted by molar-refractivity contribution is 0.0950. The minimum absolute atomic E-state index is 0.177. The van der Waals surface area contributed by atoms with E-state index in [4.69, 9.17) is 4.74 Å². The van der Waals surface area contributed by atoms with Crippen LogP contribution in [0, 0.1) is 0 Å². The molecular weight excluding hydrogens is 352 g/mol. The van der Waals surface area contributed by atoms with Gasteiger partial charge in [-0.05, 0) is 41.8 Å². The number of benzene rings is 2. The Morgan fingerprint density at radius 2 is 1.81 bits per heavy atom. The molecular formula is C19H22N2O4S. The number of amides is 1. The number of rotatable bonds is 6. The summed E-state index contributed by atoms with van der Waals surface area (Å²) in [6, 6.07) is 14.4. The second-order valence-electron chi connectivity index (χ2n) is 6.17. The van der Waals surface area contributed by atoms with Crippen LogP contribution in [-0.4, -0.2) is 33.7 Å². The Morgan fingerprint density at radius 3 is 2.42 bits per heavy atom. The maximum absolute atomic E-state index is 12.4. The van der Waals surface area contributed by atoms with Gasteiger partial charge in [0.1, 0.15) is 0 Å². The molecule has 0 aliphatic carbocycles. The van der Waals surface area contributed by atoms with E-state index >= 15 is 0 Å². The zero-order chi connectivity index (χ0) is 18.6. The first-order valence-electron chi connectivity index (χ1n) is 8.45. The molecule has 0 spiro atoms. The van der Waals surface area contributed by atoms with Gasteiger partial charge in [0.25, 0.3) is 5.91 Å². The molecule has 1 amide bonds. The Kier molecular flexibility index (Phi) is 5.58. The predicted octanol–water partition coefficient (Wildman–Crippen LogP) is 2.30. The van der Waals surface area contributed by atoms with Crippen LogP contribution in [0.4, 0.5) is 5.69 Å². The fraction of sp³-hybridized carbons (Fsp3) is 0.316. The van der Waals surface area contributed by atoms with Gasteiger partial charge in [0.2, 0.25) is 10.0 Å². The highest BCUT2D eigenvalue weighted by atomic mass is 32.2. The first-order chi connectivity index (χ1) is 12.5. The maximum Gasteiger partial charge on any atom is 0.251 e. The largest absolute Gasteiger partial charge is 0.380 e. The molecule has 1 heterocycles. The highest BCUT2D eigenvalue weighted by Gasteiger charge is 2.28. The zero-order valence-corrected chi connectivity index (χ0v) is 15.5. The van der Waals surface area contributed by atoms with Crippen molar-refractivity contribution in [2.75, 3.05) is 23.7 Å². The van der Waals surface area contributed by atoms with Crippen LogP contribution in [0.1, 0.15) is 27.9 Å². The average Bonchev–Trinajstić information content (AvgIpc) is 3.00. The monoisotopic (exact) mass is 374 g/mol. The molecule has 0 saturated carbocycles. The molecule has 1 aliphatic rings. The highest BCUT2D eigenvalue weighted by molar-refractivity contribution is 7.93. The molecule has 26 heavy (non-hydrogen) atoms. The summed E-state index contributed by atoms with van der Waals surface area (Å²) >= 11 is 0. The fourth-order valence-corrected chi connectivity index (χ4v) is 4.58. The van der Waals surface area contributed by atoms with E-state index < -0.39 is 10.0 Å². The van der Waals surface area contributed by atoms with Gasteiger partial charge in [0, 0.05) is 25.8 Å². The van der Waals surface area contributed by atoms with Crippen molar-refractivity contribution in [3.8, 4) is 0 Å². The Bertz CT molecular complexity index is 879. The number of ether oxygens (including phenoxy) is 1. The van der Waals surface area contributed by atoms with Crippen molar-refractivity contribution in [3.05, 3.63) is 65.2 Å². The van der Waals surface area contributed by atoms with Crippen molar-refractivity contribution in [2.24, 2.45) is 0 Å². The minimum atomic E-state index is -3.21. The lowest BCUT2D eigenvalue weighted by atomic mass is 10.1. The van der Waals surface area contributed by atoms with Crippen LogP contribution < -0.4 is 9.62 Å². The minimum Gasteiger partial charge on any atom is -0.380 e. The van der Waals surface area contributed by atoms with Gasteiger partial charge in [-0.3, -0.25) is 9.10 Å². The van der Waals surface area contributed by atoms with Gasteiger partial charge in [-0.2, -0.15) is 0 Å². The number of anilines is 1. The molecule has 2 aromatic carbocycles. The Labute approximate surface area is 153 Å². The number of hydrogen-bond donors (Lipinski definition) is 1. The summed E-state index contributed by atoms with van der Waals surface area (Å²) in [5, 5.41) is 2.89. The topological polar surface area (TPSA) is 75.7 Å². The number of nitrogens with one attached hydrogen (secondary N) is 1. The first kappa shape index (κ1) is 18.4. The van der Waals surface area contributed by atoms with E-state index in [-0.39, 0.29) is 11.7 Å². The molecule has 3 rings (SSSR count). The third kappa shape index (κ3) is 4.05. The van der Waals surface area contributed by atoms with E-state index in [1.807, 2.05) is 24.3 Å². The van der Waals surface area contributed by atoms with Gasteiger partial charge in [0.15, 0.2) is 0 Å². The van der Waals surface area contributed by atoms with E-state index in [0.29, 0.717) is 37.4 Å². The summed E-state index contributed by atoms with van der Waals surface area (Å²) < 4.78 is 30.5. The molecule has 0 radical (unpaired) electrons. The van der Waals surface area contributed by atoms with E-state index in [9.17, 15) is 13.2 Å². The van der Waals surface area contributed by atoms with Crippen LogP contribution in [0.5, 0.6) is 0 Å². The zero-order valence-electron chi connectivity index (χ0n) is 14.6. The Morgan fingerprint density at radius 1 is 1.12 bits per heavy atom. The number of carbonyl (C=O) groups excluding carboxylic acids is 1. The van der Waals surface area contributed by atoms with Crippen molar-refractivity contribution < 1.29 is 17.9 Å². The summed E-state index contributed by atoms with van der Waals surface area (Å²) in [7, 11) is -1.57. The second kappa shape index (κ2) is 7.88. The molecule has 7 heteroatoms. The van der Waals surface area contributed by atoms with E-state index in [2.05, 4.69) is 5.32 Å². The number of methoxy groups -OCH3 is 1. The molecule has 0 unspecified atom stereocenters. The van der Waals surface area contributed by atoms with Gasteiger partial charge >= 0.3 is 0 Å². The highest BCUT2D eigenvalue weighted by Crippen LogP contribution is 2.24. The summed E-state index contributed by atoms with van der Waals surface area (Å²) in [4.78, 5) is 12.4.